The summed E-state index contributed by atoms with van der Waals surface area (Å²) in [5, 5.41) is 11.3. The maximum absolute atomic E-state index is 12.4. The molecular weight excluding hydrogens is 409 g/mol. The molecule has 0 radical (unpaired) electrons. The molecule has 30 heavy (non-hydrogen) atoms. The number of amides is 1. The van der Waals surface area contributed by atoms with E-state index in [0.717, 1.165) is 23.1 Å². The van der Waals surface area contributed by atoms with Crippen LogP contribution in [0.1, 0.15) is 20.8 Å². The molecule has 0 aliphatic carbocycles. The zero-order chi connectivity index (χ0) is 22.7. The normalized spacial score (nSPS) is 11.6. The van der Waals surface area contributed by atoms with E-state index in [9.17, 15) is 28.1 Å². The smallest absolute Gasteiger partial charge is 0.457 e. The number of hydrogen-bond donors (Lipinski definition) is 0. The molecule has 2 aromatic carbocycles. The second-order valence-electron chi connectivity index (χ2n) is 7.07. The van der Waals surface area contributed by atoms with Gasteiger partial charge in [0.2, 0.25) is 0 Å². The Balaban J connectivity index is 2.33. The molecule has 2 aromatic rings. The van der Waals surface area contributed by atoms with Crippen molar-refractivity contribution in [3.63, 3.8) is 0 Å². The van der Waals surface area contributed by atoms with Crippen LogP contribution in [0.4, 0.5) is 29.3 Å². The number of anilines is 1. The first-order valence-corrected chi connectivity index (χ1v) is 8.54. The minimum Gasteiger partial charge on any atom is -0.457 e. The quantitative estimate of drug-likeness (QED) is 0.451. The average molecular weight is 428 g/mol. The Morgan fingerprint density at radius 3 is 2.20 bits per heavy atom. The van der Waals surface area contributed by atoms with E-state index in [4.69, 9.17) is 9.47 Å². The molecule has 0 aliphatic rings. The Bertz CT molecular complexity index is 941. The van der Waals surface area contributed by atoms with Gasteiger partial charge in [-0.2, -0.15) is 0 Å². The fourth-order valence-corrected chi connectivity index (χ4v) is 2.29. The van der Waals surface area contributed by atoms with Crippen molar-refractivity contribution in [2.75, 3.05) is 11.9 Å². The van der Waals surface area contributed by atoms with Crippen LogP contribution in [-0.2, 0) is 4.74 Å². The summed E-state index contributed by atoms with van der Waals surface area (Å²) in [5.41, 5.74) is -1.33. The second-order valence-corrected chi connectivity index (χ2v) is 7.07. The molecule has 0 unspecified atom stereocenters. The molecular formula is C19H19F3N2O6. The third-order valence-corrected chi connectivity index (χ3v) is 3.45. The molecule has 0 spiro atoms. The van der Waals surface area contributed by atoms with Crippen LogP contribution in [-0.4, -0.2) is 30.0 Å². The minimum absolute atomic E-state index is 0.00326. The van der Waals surface area contributed by atoms with Gasteiger partial charge in [-0.25, -0.2) is 4.79 Å². The number of halogens is 3. The molecule has 0 aliphatic heterocycles. The molecule has 0 fully saturated rings. The lowest BCUT2D eigenvalue weighted by atomic mass is 10.2. The Hall–Kier alpha value is -3.50. The van der Waals surface area contributed by atoms with E-state index < -0.39 is 28.7 Å². The van der Waals surface area contributed by atoms with Gasteiger partial charge >= 0.3 is 12.5 Å². The first-order chi connectivity index (χ1) is 13.7. The monoisotopic (exact) mass is 428 g/mol. The van der Waals surface area contributed by atoms with Gasteiger partial charge in [0.05, 0.1) is 4.92 Å². The second kappa shape index (κ2) is 8.47. The molecule has 2 rings (SSSR count). The lowest BCUT2D eigenvalue weighted by Crippen LogP contribution is -2.34. The van der Waals surface area contributed by atoms with Crippen molar-refractivity contribution in [1.29, 1.82) is 0 Å². The fourth-order valence-electron chi connectivity index (χ4n) is 2.29. The van der Waals surface area contributed by atoms with Gasteiger partial charge in [-0.05, 0) is 39.0 Å². The van der Waals surface area contributed by atoms with Crippen molar-refractivity contribution in [1.82, 2.24) is 0 Å². The highest BCUT2D eigenvalue weighted by molar-refractivity contribution is 5.90. The first kappa shape index (κ1) is 22.8. The highest BCUT2D eigenvalue weighted by Gasteiger charge is 2.31. The zero-order valence-electron chi connectivity index (χ0n) is 16.5. The van der Waals surface area contributed by atoms with Crippen LogP contribution in [0.3, 0.4) is 0 Å². The van der Waals surface area contributed by atoms with Crippen LogP contribution in [0.5, 0.6) is 17.2 Å². The predicted molar refractivity (Wildman–Crippen MR) is 101 cm³/mol. The van der Waals surface area contributed by atoms with Gasteiger partial charge in [0.15, 0.2) is 0 Å². The van der Waals surface area contributed by atoms with Gasteiger partial charge in [-0.1, -0.05) is 6.07 Å². The van der Waals surface area contributed by atoms with E-state index in [1.807, 2.05) is 0 Å². The van der Waals surface area contributed by atoms with Crippen molar-refractivity contribution in [3.05, 3.63) is 52.6 Å². The first-order valence-electron chi connectivity index (χ1n) is 8.54. The molecule has 1 amide bonds. The highest BCUT2D eigenvalue weighted by Crippen LogP contribution is 2.35. The zero-order valence-corrected chi connectivity index (χ0v) is 16.5. The lowest BCUT2D eigenvalue weighted by molar-refractivity contribution is -0.384. The molecule has 0 heterocycles. The van der Waals surface area contributed by atoms with E-state index in [1.54, 1.807) is 20.8 Å². The van der Waals surface area contributed by atoms with E-state index in [0.29, 0.717) is 0 Å². The Morgan fingerprint density at radius 2 is 1.63 bits per heavy atom. The number of carbonyl (C=O) groups is 1. The number of hydrogen-bond acceptors (Lipinski definition) is 6. The van der Waals surface area contributed by atoms with E-state index in [2.05, 4.69) is 4.74 Å². The van der Waals surface area contributed by atoms with Gasteiger partial charge in [0.1, 0.15) is 28.5 Å². The summed E-state index contributed by atoms with van der Waals surface area (Å²) in [7, 11) is 1.29. The summed E-state index contributed by atoms with van der Waals surface area (Å²) in [6, 6.07) is 8.34. The summed E-state index contributed by atoms with van der Waals surface area (Å²) in [4.78, 5) is 23.9. The molecule has 0 atom stereocenters. The molecule has 0 bridgehead atoms. The van der Waals surface area contributed by atoms with Crippen molar-refractivity contribution in [2.24, 2.45) is 0 Å². The highest BCUT2D eigenvalue weighted by atomic mass is 19.4. The topological polar surface area (TPSA) is 91.1 Å². The van der Waals surface area contributed by atoms with Crippen LogP contribution in [0.2, 0.25) is 0 Å². The molecule has 8 nitrogen and oxygen atoms in total. The SMILES string of the molecule is CN(C(=O)OC(C)(C)C)c1cc(Oc2cccc(OC(F)(F)F)c2)ccc1[N+](=O)[O-]. The van der Waals surface area contributed by atoms with E-state index in [-0.39, 0.29) is 22.9 Å². The van der Waals surface area contributed by atoms with Crippen molar-refractivity contribution in [2.45, 2.75) is 32.7 Å². The van der Waals surface area contributed by atoms with Gasteiger partial charge in [0.25, 0.3) is 5.69 Å². The standard InChI is InChI=1S/C19H19F3N2O6/c1-18(2,3)30-17(25)23(4)16-11-13(8-9-15(16)24(26)27)28-12-6-5-7-14(10-12)29-19(20,21)22/h5-11H,1-4H3. The predicted octanol–water partition coefficient (Wildman–Crippen LogP) is 5.66. The number of benzene rings is 2. The van der Waals surface area contributed by atoms with Crippen LogP contribution >= 0.6 is 0 Å². The van der Waals surface area contributed by atoms with Gasteiger partial charge < -0.3 is 14.2 Å². The maximum Gasteiger partial charge on any atom is 0.573 e. The molecule has 0 saturated heterocycles. The number of nitrogens with zero attached hydrogens (tertiary/aromatic N) is 2. The van der Waals surface area contributed by atoms with E-state index >= 15 is 0 Å². The van der Waals surface area contributed by atoms with Gasteiger partial charge in [-0.15, -0.1) is 13.2 Å². The third-order valence-electron chi connectivity index (χ3n) is 3.45. The summed E-state index contributed by atoms with van der Waals surface area (Å²) in [6.45, 7) is 4.92. The number of ether oxygens (including phenoxy) is 3. The molecule has 0 N–H and O–H groups in total. The maximum atomic E-state index is 12.4. The van der Waals surface area contributed by atoms with Gasteiger partial charge in [0, 0.05) is 25.2 Å². The van der Waals surface area contributed by atoms with Crippen molar-refractivity contribution in [3.8, 4) is 17.2 Å². The number of rotatable bonds is 5. The molecule has 0 saturated carbocycles. The van der Waals surface area contributed by atoms with Crippen LogP contribution < -0.4 is 14.4 Å². The Labute approximate surface area is 169 Å². The summed E-state index contributed by atoms with van der Waals surface area (Å²) < 4.78 is 51.7. The van der Waals surface area contributed by atoms with Crippen LogP contribution in [0, 0.1) is 10.1 Å². The minimum atomic E-state index is -4.87. The Morgan fingerprint density at radius 1 is 1.03 bits per heavy atom. The van der Waals surface area contributed by atoms with Crippen molar-refractivity contribution < 1.29 is 37.1 Å². The molecule has 0 aromatic heterocycles. The fraction of sp³-hybridized carbons (Fsp3) is 0.316. The lowest BCUT2D eigenvalue weighted by Gasteiger charge is -2.24. The summed E-state index contributed by atoms with van der Waals surface area (Å²) >= 11 is 0. The number of alkyl halides is 3. The van der Waals surface area contributed by atoms with Gasteiger partial charge in [-0.3, -0.25) is 15.0 Å². The number of carbonyl (C=O) groups excluding carboxylic acids is 1. The van der Waals surface area contributed by atoms with Crippen molar-refractivity contribution >= 4 is 17.5 Å². The average Bonchev–Trinajstić information content (AvgIpc) is 2.58. The number of nitro benzene ring substituents is 1. The Kier molecular flexibility index (Phi) is 6.44. The molecule has 162 valence electrons. The van der Waals surface area contributed by atoms with Crippen LogP contribution in [0.25, 0.3) is 0 Å². The van der Waals surface area contributed by atoms with Crippen LogP contribution in [0.15, 0.2) is 42.5 Å². The summed E-state index contributed by atoms with van der Waals surface area (Å²) in [6.07, 6.45) is -5.70. The largest absolute Gasteiger partial charge is 0.573 e. The number of nitro groups is 1. The summed E-state index contributed by atoms with van der Waals surface area (Å²) in [5.74, 6) is -0.445. The van der Waals surface area contributed by atoms with E-state index in [1.165, 1.54) is 31.3 Å². The molecule has 11 heteroatoms. The third kappa shape index (κ3) is 6.54.